The van der Waals surface area contributed by atoms with Gasteiger partial charge in [-0.3, -0.25) is 4.79 Å². The molecule has 0 radical (unpaired) electrons. The minimum absolute atomic E-state index is 0.122. The average molecular weight is 547 g/mol. The average Bonchev–Trinajstić information content (AvgIpc) is 3.36. The summed E-state index contributed by atoms with van der Waals surface area (Å²) in [4.78, 5) is 26.8. The largest absolute Gasteiger partial charge is 0.454 e. The number of anilines is 1. The van der Waals surface area contributed by atoms with E-state index >= 15 is 0 Å². The van der Waals surface area contributed by atoms with Crippen LogP contribution >= 0.6 is 23.2 Å². The van der Waals surface area contributed by atoms with Crippen molar-refractivity contribution in [1.82, 2.24) is 15.5 Å². The highest BCUT2D eigenvalue weighted by molar-refractivity contribution is 6.42. The minimum Gasteiger partial charge on any atom is -0.454 e. The van der Waals surface area contributed by atoms with Gasteiger partial charge in [0.2, 0.25) is 12.7 Å². The maximum Gasteiger partial charge on any atom is 0.319 e. The Morgan fingerprint density at radius 2 is 1.78 bits per heavy atom. The normalized spacial score (nSPS) is 15.6. The van der Waals surface area contributed by atoms with Gasteiger partial charge < -0.3 is 30.3 Å². The van der Waals surface area contributed by atoms with E-state index in [1.165, 1.54) is 6.08 Å². The molecule has 0 spiro atoms. The molecule has 0 atom stereocenters. The molecule has 2 aliphatic heterocycles. The number of hydrogen-bond acceptors (Lipinski definition) is 5. The van der Waals surface area contributed by atoms with Gasteiger partial charge in [-0.1, -0.05) is 35.7 Å². The van der Waals surface area contributed by atoms with Crippen molar-refractivity contribution in [2.75, 3.05) is 38.3 Å². The van der Waals surface area contributed by atoms with Crippen LogP contribution in [0.4, 0.5) is 10.5 Å². The summed E-state index contributed by atoms with van der Waals surface area (Å²) < 4.78 is 10.6. The lowest BCUT2D eigenvalue weighted by Crippen LogP contribution is -2.46. The topological polar surface area (TPSA) is 91.9 Å². The van der Waals surface area contributed by atoms with Crippen LogP contribution in [0, 0.1) is 0 Å². The zero-order valence-corrected chi connectivity index (χ0v) is 22.1. The molecule has 3 amide bonds. The van der Waals surface area contributed by atoms with E-state index in [0.29, 0.717) is 33.8 Å². The molecule has 0 aliphatic carbocycles. The highest BCUT2D eigenvalue weighted by Crippen LogP contribution is 2.34. The van der Waals surface area contributed by atoms with Gasteiger partial charge in [-0.15, -0.1) is 0 Å². The Labute approximate surface area is 227 Å². The molecule has 37 heavy (non-hydrogen) atoms. The van der Waals surface area contributed by atoms with Crippen molar-refractivity contribution in [1.29, 1.82) is 0 Å². The number of rotatable bonds is 10. The number of carbonyl (C=O) groups excluding carboxylic acids is 2. The summed E-state index contributed by atoms with van der Waals surface area (Å²) in [6, 6.07) is 10.6. The predicted octanol–water partition coefficient (Wildman–Crippen LogP) is 5.31. The van der Waals surface area contributed by atoms with Crippen LogP contribution in [-0.4, -0.2) is 55.9 Å². The lowest BCUT2D eigenvalue weighted by atomic mass is 10.0. The van der Waals surface area contributed by atoms with Gasteiger partial charge in [-0.25, -0.2) is 4.79 Å². The maximum atomic E-state index is 12.4. The number of ether oxygens (including phenoxy) is 2. The highest BCUT2D eigenvalue weighted by Gasteiger charge is 2.21. The number of benzene rings is 2. The SMILES string of the molecule is O=C(/C=C/c1ccc(Cl)c(Cl)c1)NCCCCCN1CCC(NC(=O)Nc2ccc3c(c2)OCO3)CC1. The summed E-state index contributed by atoms with van der Waals surface area (Å²) in [7, 11) is 0. The molecule has 0 saturated carbocycles. The fourth-order valence-corrected chi connectivity index (χ4v) is 4.63. The number of halogens is 2. The first-order chi connectivity index (χ1) is 18.0. The molecule has 0 unspecified atom stereocenters. The van der Waals surface area contributed by atoms with Gasteiger partial charge in [-0.2, -0.15) is 0 Å². The molecule has 8 nitrogen and oxygen atoms in total. The molecule has 0 bridgehead atoms. The summed E-state index contributed by atoms with van der Waals surface area (Å²) in [6.45, 7) is 3.81. The molecule has 1 fully saturated rings. The summed E-state index contributed by atoms with van der Waals surface area (Å²) in [5.74, 6) is 1.21. The lowest BCUT2D eigenvalue weighted by molar-refractivity contribution is -0.116. The van der Waals surface area contributed by atoms with E-state index in [1.807, 2.05) is 6.07 Å². The first-order valence-electron chi connectivity index (χ1n) is 12.6. The molecular formula is C27H32Cl2N4O4. The minimum atomic E-state index is -0.203. The second kappa shape index (κ2) is 13.6. The Morgan fingerprint density at radius 1 is 0.973 bits per heavy atom. The molecule has 2 aliphatic rings. The van der Waals surface area contributed by atoms with E-state index in [-0.39, 0.29) is 24.8 Å². The van der Waals surface area contributed by atoms with E-state index in [9.17, 15) is 9.59 Å². The number of urea groups is 1. The number of hydrogen-bond donors (Lipinski definition) is 3. The summed E-state index contributed by atoms with van der Waals surface area (Å²) in [5, 5.41) is 9.81. The fourth-order valence-electron chi connectivity index (χ4n) is 4.32. The molecule has 3 N–H and O–H groups in total. The van der Waals surface area contributed by atoms with E-state index < -0.39 is 0 Å². The first kappa shape index (κ1) is 27.1. The summed E-state index contributed by atoms with van der Waals surface area (Å²) in [6.07, 6.45) is 8.14. The number of fused-ring (bicyclic) bond motifs is 1. The number of likely N-dealkylation sites (tertiary alicyclic amines) is 1. The van der Waals surface area contributed by atoms with Crippen LogP contribution in [0.25, 0.3) is 6.08 Å². The zero-order valence-electron chi connectivity index (χ0n) is 20.6. The number of carbonyl (C=O) groups is 2. The molecule has 2 aromatic carbocycles. The third-order valence-corrected chi connectivity index (χ3v) is 7.11. The number of nitrogens with one attached hydrogen (secondary N) is 3. The maximum absolute atomic E-state index is 12.4. The van der Waals surface area contributed by atoms with Crippen LogP contribution in [0.5, 0.6) is 11.5 Å². The standard InChI is InChI=1S/C27H32Cl2N4O4/c28-22-7-4-19(16-23(22)29)5-9-26(34)30-12-2-1-3-13-33-14-10-20(11-15-33)31-27(35)32-21-6-8-24-25(17-21)37-18-36-24/h4-9,16-17,20H,1-3,10-15,18H2,(H,30,34)(H2,31,32,35)/b9-5+. The van der Waals surface area contributed by atoms with Crippen molar-refractivity contribution in [2.24, 2.45) is 0 Å². The van der Waals surface area contributed by atoms with Gasteiger partial charge in [0.15, 0.2) is 11.5 Å². The van der Waals surface area contributed by atoms with E-state index in [2.05, 4.69) is 20.9 Å². The van der Waals surface area contributed by atoms with Crippen molar-refractivity contribution in [2.45, 2.75) is 38.1 Å². The van der Waals surface area contributed by atoms with E-state index in [1.54, 1.807) is 36.4 Å². The number of unbranched alkanes of at least 4 members (excludes halogenated alkanes) is 2. The van der Waals surface area contributed by atoms with Crippen LogP contribution in [0.1, 0.15) is 37.7 Å². The van der Waals surface area contributed by atoms with Gasteiger partial charge in [0, 0.05) is 43.5 Å². The molecule has 198 valence electrons. The third kappa shape index (κ3) is 8.55. The Kier molecular flexibility index (Phi) is 9.93. The smallest absolute Gasteiger partial charge is 0.319 e. The Hall–Kier alpha value is -2.94. The predicted molar refractivity (Wildman–Crippen MR) is 147 cm³/mol. The van der Waals surface area contributed by atoms with Crippen molar-refractivity contribution >= 4 is 46.9 Å². The van der Waals surface area contributed by atoms with Crippen LogP contribution < -0.4 is 25.4 Å². The molecule has 2 heterocycles. The zero-order chi connectivity index (χ0) is 26.0. The van der Waals surface area contributed by atoms with Gasteiger partial charge in [0.25, 0.3) is 0 Å². The fraction of sp³-hybridized carbons (Fsp3) is 0.407. The van der Waals surface area contributed by atoms with Crippen molar-refractivity contribution in [3.8, 4) is 11.5 Å². The van der Waals surface area contributed by atoms with Crippen molar-refractivity contribution in [3.63, 3.8) is 0 Å². The Balaban J connectivity index is 1.03. The first-order valence-corrected chi connectivity index (χ1v) is 13.3. The summed E-state index contributed by atoms with van der Waals surface area (Å²) >= 11 is 11.9. The Bertz CT molecular complexity index is 1120. The highest BCUT2D eigenvalue weighted by atomic mass is 35.5. The molecule has 10 heteroatoms. The summed E-state index contributed by atoms with van der Waals surface area (Å²) in [5.41, 5.74) is 1.51. The second-order valence-electron chi connectivity index (χ2n) is 9.14. The van der Waals surface area contributed by atoms with Crippen molar-refractivity contribution < 1.29 is 19.1 Å². The molecule has 4 rings (SSSR count). The Morgan fingerprint density at radius 3 is 2.59 bits per heavy atom. The third-order valence-electron chi connectivity index (χ3n) is 6.37. The van der Waals surface area contributed by atoms with E-state index in [0.717, 1.165) is 57.3 Å². The molecule has 1 saturated heterocycles. The monoisotopic (exact) mass is 546 g/mol. The van der Waals surface area contributed by atoms with Crippen LogP contribution in [0.15, 0.2) is 42.5 Å². The molecule has 2 aromatic rings. The van der Waals surface area contributed by atoms with Crippen LogP contribution in [-0.2, 0) is 4.79 Å². The number of amides is 3. The van der Waals surface area contributed by atoms with Gasteiger partial charge in [0.05, 0.1) is 10.0 Å². The molecule has 0 aromatic heterocycles. The quantitative estimate of drug-likeness (QED) is 0.277. The number of piperidine rings is 1. The lowest BCUT2D eigenvalue weighted by Gasteiger charge is -2.32. The van der Waals surface area contributed by atoms with Crippen LogP contribution in [0.2, 0.25) is 10.0 Å². The molecular weight excluding hydrogens is 515 g/mol. The second-order valence-corrected chi connectivity index (χ2v) is 9.96. The van der Waals surface area contributed by atoms with Gasteiger partial charge >= 0.3 is 6.03 Å². The van der Waals surface area contributed by atoms with Gasteiger partial charge in [0.1, 0.15) is 0 Å². The number of nitrogens with zero attached hydrogens (tertiary/aromatic N) is 1. The van der Waals surface area contributed by atoms with Crippen LogP contribution in [0.3, 0.4) is 0 Å². The van der Waals surface area contributed by atoms with E-state index in [4.69, 9.17) is 32.7 Å². The van der Waals surface area contributed by atoms with Crippen molar-refractivity contribution in [3.05, 3.63) is 58.1 Å². The van der Waals surface area contributed by atoms with Gasteiger partial charge in [-0.05, 0) is 68.1 Å².